The van der Waals surface area contributed by atoms with E-state index < -0.39 is 0 Å². The molecule has 0 unspecified atom stereocenters. The number of hydrogen-bond donors (Lipinski definition) is 2. The number of anilines is 2. The van der Waals surface area contributed by atoms with Gasteiger partial charge in [0.25, 0.3) is 0 Å². The molecule has 94 valence electrons. The molecular weight excluding hydrogens is 216 g/mol. The summed E-state index contributed by atoms with van der Waals surface area (Å²) in [4.78, 5) is 11.6. The van der Waals surface area contributed by atoms with E-state index in [0.717, 1.165) is 5.69 Å². The maximum absolute atomic E-state index is 11.6. The second kappa shape index (κ2) is 5.08. The van der Waals surface area contributed by atoms with E-state index in [4.69, 9.17) is 10.5 Å². The normalized spacial score (nSPS) is 11.1. The zero-order valence-electron chi connectivity index (χ0n) is 10.8. The van der Waals surface area contributed by atoms with Crippen molar-refractivity contribution in [2.45, 2.75) is 33.2 Å². The average molecular weight is 236 g/mol. The summed E-state index contributed by atoms with van der Waals surface area (Å²) in [7, 11) is 0. The Morgan fingerprint density at radius 3 is 2.59 bits per heavy atom. The Hall–Kier alpha value is -1.71. The minimum atomic E-state index is -0.329. The highest BCUT2D eigenvalue weighted by Gasteiger charge is 2.14. The Kier molecular flexibility index (Phi) is 3.99. The molecule has 1 aromatic carbocycles. The van der Waals surface area contributed by atoms with Crippen LogP contribution in [0.2, 0.25) is 0 Å². The van der Waals surface area contributed by atoms with E-state index in [9.17, 15) is 4.79 Å². The third-order valence-corrected chi connectivity index (χ3v) is 2.07. The molecule has 0 aliphatic heterocycles. The molecule has 4 heteroatoms. The summed E-state index contributed by atoms with van der Waals surface area (Å²) in [6.07, 6.45) is 0. The van der Waals surface area contributed by atoms with Crippen molar-refractivity contribution in [3.63, 3.8) is 0 Å². The van der Waals surface area contributed by atoms with Crippen molar-refractivity contribution in [1.29, 1.82) is 0 Å². The molecule has 0 amide bonds. The lowest BCUT2D eigenvalue weighted by atomic mass is 10.1. The number of benzene rings is 1. The molecule has 0 aromatic heterocycles. The molecule has 1 rings (SSSR count). The maximum Gasteiger partial charge on any atom is 0.338 e. The zero-order chi connectivity index (χ0) is 13.1. The van der Waals surface area contributed by atoms with Gasteiger partial charge in [-0.1, -0.05) is 0 Å². The molecule has 17 heavy (non-hydrogen) atoms. The van der Waals surface area contributed by atoms with Gasteiger partial charge in [0.15, 0.2) is 0 Å². The van der Waals surface area contributed by atoms with Crippen LogP contribution in [-0.4, -0.2) is 18.1 Å². The smallest absolute Gasteiger partial charge is 0.338 e. The molecule has 0 saturated carbocycles. The fourth-order valence-electron chi connectivity index (χ4n) is 1.41. The summed E-state index contributed by atoms with van der Waals surface area (Å²) in [5.74, 6) is -0.329. The van der Waals surface area contributed by atoms with Crippen LogP contribution in [0.5, 0.6) is 0 Å². The highest BCUT2D eigenvalue weighted by molar-refractivity contribution is 5.92. The van der Waals surface area contributed by atoms with Crippen LogP contribution in [-0.2, 0) is 4.74 Å². The van der Waals surface area contributed by atoms with Crippen molar-refractivity contribution < 1.29 is 9.53 Å². The van der Waals surface area contributed by atoms with Crippen LogP contribution >= 0.6 is 0 Å². The first kappa shape index (κ1) is 13.4. The molecule has 0 aliphatic carbocycles. The average Bonchev–Trinajstić information content (AvgIpc) is 2.19. The van der Waals surface area contributed by atoms with Gasteiger partial charge in [-0.15, -0.1) is 0 Å². The van der Waals surface area contributed by atoms with Crippen LogP contribution in [0.15, 0.2) is 18.2 Å². The van der Waals surface area contributed by atoms with Gasteiger partial charge >= 0.3 is 5.97 Å². The van der Waals surface area contributed by atoms with E-state index in [0.29, 0.717) is 17.9 Å². The number of esters is 1. The van der Waals surface area contributed by atoms with E-state index >= 15 is 0 Å². The first-order chi connectivity index (χ1) is 7.83. The molecule has 0 saturated heterocycles. The van der Waals surface area contributed by atoms with E-state index in [1.807, 2.05) is 20.8 Å². The number of ether oxygens (including phenoxy) is 1. The predicted octanol–water partition coefficient (Wildman–Crippen LogP) is 2.66. The quantitative estimate of drug-likeness (QED) is 0.625. The molecule has 0 bridgehead atoms. The lowest BCUT2D eigenvalue weighted by Crippen LogP contribution is -2.26. The molecule has 0 radical (unpaired) electrons. The number of hydrogen-bond acceptors (Lipinski definition) is 4. The molecule has 1 aromatic rings. The summed E-state index contributed by atoms with van der Waals surface area (Å²) in [5, 5.41) is 3.25. The first-order valence-electron chi connectivity index (χ1n) is 5.68. The standard InChI is InChI=1S/C13H20N2O2/c1-5-17-12(16)9-6-7-10(14)11(8-9)15-13(2,3)4/h6-8,15H,5,14H2,1-4H3. The Labute approximate surface area is 102 Å². The number of carbonyl (C=O) groups is 1. The number of nitrogens with two attached hydrogens (primary N) is 1. The van der Waals surface area contributed by atoms with Crippen LogP contribution in [0.1, 0.15) is 38.1 Å². The molecular formula is C13H20N2O2. The van der Waals surface area contributed by atoms with Gasteiger partial charge in [0, 0.05) is 5.54 Å². The molecule has 0 atom stereocenters. The Bertz CT molecular complexity index is 408. The number of rotatable bonds is 3. The van der Waals surface area contributed by atoms with Gasteiger partial charge in [0.05, 0.1) is 23.5 Å². The van der Waals surface area contributed by atoms with Crippen molar-refractivity contribution in [3.05, 3.63) is 23.8 Å². The SMILES string of the molecule is CCOC(=O)c1ccc(N)c(NC(C)(C)C)c1. The molecule has 0 spiro atoms. The monoisotopic (exact) mass is 236 g/mol. The van der Waals surface area contributed by atoms with Crippen molar-refractivity contribution in [3.8, 4) is 0 Å². The summed E-state index contributed by atoms with van der Waals surface area (Å²) in [5.41, 5.74) is 7.62. The van der Waals surface area contributed by atoms with Gasteiger partial charge in [-0.05, 0) is 45.9 Å². The lowest BCUT2D eigenvalue weighted by Gasteiger charge is -2.23. The summed E-state index contributed by atoms with van der Waals surface area (Å²) < 4.78 is 4.95. The fraction of sp³-hybridized carbons (Fsp3) is 0.462. The summed E-state index contributed by atoms with van der Waals surface area (Å²) >= 11 is 0. The largest absolute Gasteiger partial charge is 0.462 e. The van der Waals surface area contributed by atoms with E-state index in [2.05, 4.69) is 5.32 Å². The molecule has 3 N–H and O–H groups in total. The Balaban J connectivity index is 2.98. The molecule has 0 heterocycles. The van der Waals surface area contributed by atoms with Crippen LogP contribution < -0.4 is 11.1 Å². The Morgan fingerprint density at radius 1 is 1.41 bits per heavy atom. The third-order valence-electron chi connectivity index (χ3n) is 2.07. The van der Waals surface area contributed by atoms with Crippen LogP contribution in [0.3, 0.4) is 0 Å². The second-order valence-corrected chi connectivity index (χ2v) is 4.90. The number of nitrogens with one attached hydrogen (secondary N) is 1. The van der Waals surface area contributed by atoms with Crippen LogP contribution in [0.4, 0.5) is 11.4 Å². The van der Waals surface area contributed by atoms with Gasteiger partial charge in [-0.2, -0.15) is 0 Å². The molecule has 0 fully saturated rings. The topological polar surface area (TPSA) is 64.3 Å². The van der Waals surface area contributed by atoms with Gasteiger partial charge in [-0.25, -0.2) is 4.79 Å². The van der Waals surface area contributed by atoms with Crippen LogP contribution in [0.25, 0.3) is 0 Å². The predicted molar refractivity (Wildman–Crippen MR) is 70.2 cm³/mol. The first-order valence-corrected chi connectivity index (χ1v) is 5.68. The van der Waals surface area contributed by atoms with E-state index in [1.54, 1.807) is 25.1 Å². The lowest BCUT2D eigenvalue weighted by molar-refractivity contribution is 0.0526. The van der Waals surface area contributed by atoms with E-state index in [-0.39, 0.29) is 11.5 Å². The van der Waals surface area contributed by atoms with Crippen molar-refractivity contribution in [1.82, 2.24) is 0 Å². The third kappa shape index (κ3) is 3.98. The van der Waals surface area contributed by atoms with Gasteiger partial charge in [0.2, 0.25) is 0 Å². The zero-order valence-corrected chi connectivity index (χ0v) is 10.8. The van der Waals surface area contributed by atoms with Gasteiger partial charge in [-0.3, -0.25) is 0 Å². The van der Waals surface area contributed by atoms with Crippen molar-refractivity contribution >= 4 is 17.3 Å². The fourth-order valence-corrected chi connectivity index (χ4v) is 1.41. The van der Waals surface area contributed by atoms with Gasteiger partial charge in [0.1, 0.15) is 0 Å². The maximum atomic E-state index is 11.6. The molecule has 0 aliphatic rings. The number of carbonyl (C=O) groups excluding carboxylic acids is 1. The molecule has 4 nitrogen and oxygen atoms in total. The Morgan fingerprint density at radius 2 is 2.06 bits per heavy atom. The minimum Gasteiger partial charge on any atom is -0.462 e. The van der Waals surface area contributed by atoms with Crippen molar-refractivity contribution in [2.24, 2.45) is 0 Å². The van der Waals surface area contributed by atoms with Crippen LogP contribution in [0, 0.1) is 0 Å². The van der Waals surface area contributed by atoms with Crippen molar-refractivity contribution in [2.75, 3.05) is 17.7 Å². The minimum absolute atomic E-state index is 0.110. The number of nitrogen functional groups attached to an aromatic ring is 1. The van der Waals surface area contributed by atoms with Gasteiger partial charge < -0.3 is 15.8 Å². The second-order valence-electron chi connectivity index (χ2n) is 4.90. The summed E-state index contributed by atoms with van der Waals surface area (Å²) in [6.45, 7) is 8.24. The van der Waals surface area contributed by atoms with E-state index in [1.165, 1.54) is 0 Å². The summed E-state index contributed by atoms with van der Waals surface area (Å²) in [6, 6.07) is 5.10. The highest BCUT2D eigenvalue weighted by atomic mass is 16.5. The highest BCUT2D eigenvalue weighted by Crippen LogP contribution is 2.24.